The Balaban J connectivity index is 2.43. The van der Waals surface area contributed by atoms with Crippen LogP contribution in [0.15, 0.2) is 54.6 Å². The first-order chi connectivity index (χ1) is 10.2. The molecule has 104 valence electrons. The maximum atomic E-state index is 11.9. The molecule has 4 nitrogen and oxygen atoms in total. The van der Waals surface area contributed by atoms with Crippen LogP contribution in [0.25, 0.3) is 22.2 Å². The molecule has 4 heteroatoms. The van der Waals surface area contributed by atoms with E-state index in [1.807, 2.05) is 54.6 Å². The van der Waals surface area contributed by atoms with Crippen molar-refractivity contribution in [3.05, 3.63) is 60.2 Å². The molecular weight excluding hydrogens is 264 g/mol. The van der Waals surface area contributed by atoms with E-state index in [4.69, 9.17) is 10.5 Å². The average Bonchev–Trinajstić information content (AvgIpc) is 2.53. The summed E-state index contributed by atoms with van der Waals surface area (Å²) < 4.78 is 5.44. The summed E-state index contributed by atoms with van der Waals surface area (Å²) in [5.41, 5.74) is 8.13. The van der Waals surface area contributed by atoms with E-state index >= 15 is 0 Å². The van der Waals surface area contributed by atoms with Crippen molar-refractivity contribution in [1.29, 1.82) is 0 Å². The quantitative estimate of drug-likeness (QED) is 0.801. The minimum Gasteiger partial charge on any atom is -0.494 e. The lowest BCUT2D eigenvalue weighted by molar-refractivity contribution is 0.0999. The SMILES string of the molecule is COc1c(-c2ccccc2)nc2ccccc2c1C(N)=O. The number of aromatic nitrogens is 1. The van der Waals surface area contributed by atoms with Gasteiger partial charge in [0.15, 0.2) is 5.75 Å². The van der Waals surface area contributed by atoms with Crippen LogP contribution in [0.1, 0.15) is 10.4 Å². The molecule has 1 heterocycles. The van der Waals surface area contributed by atoms with Gasteiger partial charge in [-0.15, -0.1) is 0 Å². The fourth-order valence-electron chi connectivity index (χ4n) is 2.43. The molecule has 0 spiro atoms. The number of hydrogen-bond acceptors (Lipinski definition) is 3. The maximum Gasteiger partial charge on any atom is 0.253 e. The summed E-state index contributed by atoms with van der Waals surface area (Å²) in [7, 11) is 1.52. The summed E-state index contributed by atoms with van der Waals surface area (Å²) in [5.74, 6) is -0.116. The molecule has 0 atom stereocenters. The van der Waals surface area contributed by atoms with Crippen molar-refractivity contribution in [2.45, 2.75) is 0 Å². The van der Waals surface area contributed by atoms with Crippen LogP contribution >= 0.6 is 0 Å². The monoisotopic (exact) mass is 278 g/mol. The number of carbonyl (C=O) groups excluding carboxylic acids is 1. The van der Waals surface area contributed by atoms with Gasteiger partial charge in [-0.2, -0.15) is 0 Å². The van der Waals surface area contributed by atoms with Gasteiger partial charge in [0.05, 0.1) is 18.2 Å². The molecule has 0 saturated carbocycles. The van der Waals surface area contributed by atoms with Crippen LogP contribution in [0.4, 0.5) is 0 Å². The molecule has 0 radical (unpaired) electrons. The molecule has 1 aromatic heterocycles. The molecule has 0 aliphatic rings. The summed E-state index contributed by atoms with van der Waals surface area (Å²) in [6.45, 7) is 0. The highest BCUT2D eigenvalue weighted by molar-refractivity contribution is 6.09. The van der Waals surface area contributed by atoms with E-state index in [0.29, 0.717) is 27.9 Å². The molecule has 3 aromatic rings. The lowest BCUT2D eigenvalue weighted by Crippen LogP contribution is -2.14. The Morgan fingerprint density at radius 2 is 1.71 bits per heavy atom. The third-order valence-electron chi connectivity index (χ3n) is 3.35. The number of amides is 1. The summed E-state index contributed by atoms with van der Waals surface area (Å²) in [5, 5.41) is 0.696. The molecule has 0 fully saturated rings. The summed E-state index contributed by atoms with van der Waals surface area (Å²) in [4.78, 5) is 16.5. The van der Waals surface area contributed by atoms with Crippen LogP contribution in [0.5, 0.6) is 5.75 Å². The first kappa shape index (κ1) is 13.1. The number of para-hydroxylation sites is 1. The molecule has 3 rings (SSSR count). The van der Waals surface area contributed by atoms with Crippen LogP contribution in [-0.4, -0.2) is 18.0 Å². The second kappa shape index (κ2) is 5.25. The van der Waals surface area contributed by atoms with E-state index in [2.05, 4.69) is 4.98 Å². The number of pyridine rings is 1. The number of nitrogens with zero attached hydrogens (tertiary/aromatic N) is 1. The standard InChI is InChI=1S/C17H14N2O2/c1-21-16-14(17(18)20)12-9-5-6-10-13(12)19-15(16)11-7-3-2-4-8-11/h2-10H,1H3,(H2,18,20). The van der Waals surface area contributed by atoms with Gasteiger partial charge in [0.1, 0.15) is 5.69 Å². The Bertz CT molecular complexity index is 814. The Morgan fingerprint density at radius 1 is 1.05 bits per heavy atom. The highest BCUT2D eigenvalue weighted by atomic mass is 16.5. The normalized spacial score (nSPS) is 10.5. The number of ether oxygens (including phenoxy) is 1. The third kappa shape index (κ3) is 2.21. The Kier molecular flexibility index (Phi) is 3.28. The minimum atomic E-state index is -0.525. The highest BCUT2D eigenvalue weighted by Crippen LogP contribution is 2.35. The third-order valence-corrected chi connectivity index (χ3v) is 3.35. The van der Waals surface area contributed by atoms with Crippen molar-refractivity contribution in [3.63, 3.8) is 0 Å². The lowest BCUT2D eigenvalue weighted by atomic mass is 10.0. The molecule has 0 unspecified atom stereocenters. The van der Waals surface area contributed by atoms with E-state index in [1.54, 1.807) is 0 Å². The minimum absolute atomic E-state index is 0.363. The van der Waals surface area contributed by atoms with Crippen molar-refractivity contribution in [3.8, 4) is 17.0 Å². The zero-order valence-electron chi connectivity index (χ0n) is 11.5. The number of benzene rings is 2. The predicted molar refractivity (Wildman–Crippen MR) is 82.2 cm³/mol. The topological polar surface area (TPSA) is 65.2 Å². The number of fused-ring (bicyclic) bond motifs is 1. The molecule has 0 aliphatic carbocycles. The molecular formula is C17H14N2O2. The smallest absolute Gasteiger partial charge is 0.253 e. The Hall–Kier alpha value is -2.88. The summed E-state index contributed by atoms with van der Waals surface area (Å²) in [6, 6.07) is 17.0. The van der Waals surface area contributed by atoms with E-state index < -0.39 is 5.91 Å². The predicted octanol–water partition coefficient (Wildman–Crippen LogP) is 3.01. The number of rotatable bonds is 3. The largest absolute Gasteiger partial charge is 0.494 e. The lowest BCUT2D eigenvalue weighted by Gasteiger charge is -2.14. The van der Waals surface area contributed by atoms with Gasteiger partial charge in [-0.25, -0.2) is 4.98 Å². The zero-order valence-corrected chi connectivity index (χ0v) is 11.5. The van der Waals surface area contributed by atoms with Gasteiger partial charge in [-0.3, -0.25) is 4.79 Å². The van der Waals surface area contributed by atoms with Gasteiger partial charge in [0.25, 0.3) is 5.91 Å². The second-order valence-electron chi connectivity index (χ2n) is 4.62. The van der Waals surface area contributed by atoms with E-state index in [1.165, 1.54) is 7.11 Å². The summed E-state index contributed by atoms with van der Waals surface area (Å²) >= 11 is 0. The van der Waals surface area contributed by atoms with Crippen LogP contribution in [0.2, 0.25) is 0 Å². The first-order valence-electron chi connectivity index (χ1n) is 6.54. The zero-order chi connectivity index (χ0) is 14.8. The molecule has 21 heavy (non-hydrogen) atoms. The Morgan fingerprint density at radius 3 is 2.38 bits per heavy atom. The molecule has 0 bridgehead atoms. The van der Waals surface area contributed by atoms with Gasteiger partial charge in [0.2, 0.25) is 0 Å². The van der Waals surface area contributed by atoms with Crippen LogP contribution in [0, 0.1) is 0 Å². The molecule has 2 N–H and O–H groups in total. The summed E-state index contributed by atoms with van der Waals surface area (Å²) in [6.07, 6.45) is 0. The number of nitrogens with two attached hydrogens (primary N) is 1. The fourth-order valence-corrected chi connectivity index (χ4v) is 2.43. The van der Waals surface area contributed by atoms with Gasteiger partial charge in [0, 0.05) is 10.9 Å². The van der Waals surface area contributed by atoms with Crippen molar-refractivity contribution < 1.29 is 9.53 Å². The van der Waals surface area contributed by atoms with Gasteiger partial charge < -0.3 is 10.5 Å². The van der Waals surface area contributed by atoms with Crippen molar-refractivity contribution in [2.75, 3.05) is 7.11 Å². The van der Waals surface area contributed by atoms with Crippen molar-refractivity contribution in [2.24, 2.45) is 5.73 Å². The van der Waals surface area contributed by atoms with Crippen LogP contribution in [-0.2, 0) is 0 Å². The number of carbonyl (C=O) groups is 1. The van der Waals surface area contributed by atoms with E-state index in [9.17, 15) is 4.79 Å². The van der Waals surface area contributed by atoms with Gasteiger partial charge in [-0.05, 0) is 6.07 Å². The second-order valence-corrected chi connectivity index (χ2v) is 4.62. The molecule has 2 aromatic carbocycles. The van der Waals surface area contributed by atoms with Crippen molar-refractivity contribution >= 4 is 16.8 Å². The van der Waals surface area contributed by atoms with Gasteiger partial charge >= 0.3 is 0 Å². The van der Waals surface area contributed by atoms with E-state index in [0.717, 1.165) is 5.56 Å². The van der Waals surface area contributed by atoms with Crippen molar-refractivity contribution in [1.82, 2.24) is 4.98 Å². The fraction of sp³-hybridized carbons (Fsp3) is 0.0588. The Labute approximate surface area is 122 Å². The highest BCUT2D eigenvalue weighted by Gasteiger charge is 2.20. The van der Waals surface area contributed by atoms with E-state index in [-0.39, 0.29) is 0 Å². The van der Waals surface area contributed by atoms with Crippen LogP contribution in [0.3, 0.4) is 0 Å². The van der Waals surface area contributed by atoms with Crippen LogP contribution < -0.4 is 10.5 Å². The first-order valence-corrected chi connectivity index (χ1v) is 6.54. The van der Waals surface area contributed by atoms with Gasteiger partial charge in [-0.1, -0.05) is 48.5 Å². The number of hydrogen-bond donors (Lipinski definition) is 1. The molecule has 1 amide bonds. The number of primary amides is 1. The maximum absolute atomic E-state index is 11.9. The average molecular weight is 278 g/mol. The molecule has 0 saturated heterocycles. The molecule has 0 aliphatic heterocycles. The number of methoxy groups -OCH3 is 1.